The SMILES string of the molecule is CCc1ccc2oc(C(=O)N[C@H](C(=O)O)C(C)C)c(C)c2c1. The van der Waals surface area contributed by atoms with E-state index < -0.39 is 17.9 Å². The van der Waals surface area contributed by atoms with Gasteiger partial charge in [-0.3, -0.25) is 4.79 Å². The van der Waals surface area contributed by atoms with E-state index in [1.54, 1.807) is 13.8 Å². The van der Waals surface area contributed by atoms with Gasteiger partial charge in [0.15, 0.2) is 5.76 Å². The first-order valence-electron chi connectivity index (χ1n) is 7.40. The van der Waals surface area contributed by atoms with Gasteiger partial charge < -0.3 is 14.8 Å². The second-order valence-electron chi connectivity index (χ2n) is 5.77. The Labute approximate surface area is 129 Å². The number of nitrogens with one attached hydrogen (secondary N) is 1. The average molecular weight is 303 g/mol. The fourth-order valence-electron chi connectivity index (χ4n) is 2.42. The van der Waals surface area contributed by atoms with Crippen molar-refractivity contribution >= 4 is 22.8 Å². The van der Waals surface area contributed by atoms with Gasteiger partial charge in [0.1, 0.15) is 11.6 Å². The minimum absolute atomic E-state index is 0.176. The van der Waals surface area contributed by atoms with Crippen molar-refractivity contribution in [3.8, 4) is 0 Å². The van der Waals surface area contributed by atoms with Gasteiger partial charge in [0.05, 0.1) is 0 Å². The Hall–Kier alpha value is -2.30. The first kappa shape index (κ1) is 16.1. The number of aliphatic carboxylic acids is 1. The lowest BCUT2D eigenvalue weighted by Gasteiger charge is -2.17. The highest BCUT2D eigenvalue weighted by molar-refractivity contribution is 6.00. The molecule has 0 radical (unpaired) electrons. The van der Waals surface area contributed by atoms with Crippen molar-refractivity contribution in [1.82, 2.24) is 5.32 Å². The number of furan rings is 1. The number of benzene rings is 1. The fourth-order valence-corrected chi connectivity index (χ4v) is 2.42. The molecule has 118 valence electrons. The predicted octanol–water partition coefficient (Wildman–Crippen LogP) is 3.14. The van der Waals surface area contributed by atoms with E-state index in [1.807, 2.05) is 25.1 Å². The number of carboxylic acid groups (broad SMARTS) is 1. The normalized spacial score (nSPS) is 12.6. The molecule has 0 bridgehead atoms. The average Bonchev–Trinajstić information content (AvgIpc) is 2.80. The molecule has 1 aromatic carbocycles. The molecule has 0 aliphatic heterocycles. The van der Waals surface area contributed by atoms with Crippen LogP contribution in [0.1, 0.15) is 42.5 Å². The number of carboxylic acids is 1. The van der Waals surface area contributed by atoms with Crippen molar-refractivity contribution in [3.63, 3.8) is 0 Å². The molecule has 0 aliphatic rings. The van der Waals surface area contributed by atoms with Gasteiger partial charge in [0.2, 0.25) is 0 Å². The van der Waals surface area contributed by atoms with Crippen LogP contribution in [0, 0.1) is 12.8 Å². The maximum atomic E-state index is 12.3. The minimum atomic E-state index is -1.05. The number of aryl methyl sites for hydroxylation is 2. The summed E-state index contributed by atoms with van der Waals surface area (Å²) >= 11 is 0. The van der Waals surface area contributed by atoms with E-state index in [0.29, 0.717) is 5.58 Å². The van der Waals surface area contributed by atoms with Crippen molar-refractivity contribution in [2.75, 3.05) is 0 Å². The Kier molecular flexibility index (Phi) is 4.54. The molecule has 2 rings (SSSR count). The Morgan fingerprint density at radius 1 is 1.32 bits per heavy atom. The van der Waals surface area contributed by atoms with Crippen molar-refractivity contribution in [2.24, 2.45) is 5.92 Å². The highest BCUT2D eigenvalue weighted by atomic mass is 16.4. The van der Waals surface area contributed by atoms with E-state index in [2.05, 4.69) is 12.2 Å². The first-order chi connectivity index (χ1) is 10.3. The number of rotatable bonds is 5. The van der Waals surface area contributed by atoms with Crippen LogP contribution in [0.15, 0.2) is 22.6 Å². The zero-order valence-electron chi connectivity index (χ0n) is 13.3. The van der Waals surface area contributed by atoms with Gasteiger partial charge in [-0.25, -0.2) is 4.79 Å². The molecule has 0 unspecified atom stereocenters. The summed E-state index contributed by atoms with van der Waals surface area (Å²) in [4.78, 5) is 23.5. The van der Waals surface area contributed by atoms with Crippen molar-refractivity contribution in [2.45, 2.75) is 40.2 Å². The lowest BCUT2D eigenvalue weighted by Crippen LogP contribution is -2.44. The van der Waals surface area contributed by atoms with E-state index in [-0.39, 0.29) is 11.7 Å². The number of hydrogen-bond donors (Lipinski definition) is 2. The zero-order valence-corrected chi connectivity index (χ0v) is 13.3. The van der Waals surface area contributed by atoms with Crippen LogP contribution >= 0.6 is 0 Å². The Morgan fingerprint density at radius 3 is 2.55 bits per heavy atom. The molecule has 5 heteroatoms. The van der Waals surface area contributed by atoms with E-state index in [4.69, 9.17) is 4.42 Å². The topological polar surface area (TPSA) is 79.5 Å². The summed E-state index contributed by atoms with van der Waals surface area (Å²) in [6, 6.07) is 4.87. The molecule has 0 saturated heterocycles. The lowest BCUT2D eigenvalue weighted by atomic mass is 10.0. The molecule has 0 saturated carbocycles. The van der Waals surface area contributed by atoms with Crippen LogP contribution in [0.25, 0.3) is 11.0 Å². The summed E-state index contributed by atoms with van der Waals surface area (Å²) in [5.74, 6) is -1.58. The standard InChI is InChI=1S/C17H21NO4/c1-5-11-6-7-13-12(8-11)10(4)15(22-13)16(19)18-14(9(2)3)17(20)21/h6-9,14H,5H2,1-4H3,(H,18,19)(H,20,21)/t14-/m0/s1. The van der Waals surface area contributed by atoms with Gasteiger partial charge in [0.25, 0.3) is 5.91 Å². The van der Waals surface area contributed by atoms with Gasteiger partial charge in [-0.15, -0.1) is 0 Å². The number of fused-ring (bicyclic) bond motifs is 1. The molecule has 1 aromatic heterocycles. The number of carbonyl (C=O) groups is 2. The van der Waals surface area contributed by atoms with Gasteiger partial charge in [-0.05, 0) is 37.0 Å². The van der Waals surface area contributed by atoms with Crippen LogP contribution in [0.4, 0.5) is 0 Å². The fraction of sp³-hybridized carbons (Fsp3) is 0.412. The molecule has 0 spiro atoms. The molecule has 1 amide bonds. The van der Waals surface area contributed by atoms with Gasteiger partial charge >= 0.3 is 5.97 Å². The molecule has 0 aliphatic carbocycles. The van der Waals surface area contributed by atoms with Gasteiger partial charge in [-0.1, -0.05) is 26.8 Å². The molecular weight excluding hydrogens is 282 g/mol. The molecule has 2 aromatic rings. The van der Waals surface area contributed by atoms with Gasteiger partial charge in [-0.2, -0.15) is 0 Å². The summed E-state index contributed by atoms with van der Waals surface area (Å²) in [6.45, 7) is 7.37. The monoisotopic (exact) mass is 303 g/mol. The molecule has 2 N–H and O–H groups in total. The zero-order chi connectivity index (χ0) is 16.4. The second kappa shape index (κ2) is 6.22. The molecular formula is C17H21NO4. The summed E-state index contributed by atoms with van der Waals surface area (Å²) in [6.07, 6.45) is 0.899. The Bertz CT molecular complexity index is 715. The smallest absolute Gasteiger partial charge is 0.326 e. The van der Waals surface area contributed by atoms with E-state index in [1.165, 1.54) is 0 Å². The largest absolute Gasteiger partial charge is 0.480 e. The summed E-state index contributed by atoms with van der Waals surface area (Å²) in [7, 11) is 0. The summed E-state index contributed by atoms with van der Waals surface area (Å²) < 4.78 is 5.62. The maximum absolute atomic E-state index is 12.3. The third kappa shape index (κ3) is 2.98. The van der Waals surface area contributed by atoms with E-state index in [9.17, 15) is 14.7 Å². The van der Waals surface area contributed by atoms with Crippen LogP contribution in [0.2, 0.25) is 0 Å². The van der Waals surface area contributed by atoms with Crippen LogP contribution in [-0.4, -0.2) is 23.0 Å². The van der Waals surface area contributed by atoms with Crippen LogP contribution in [0.3, 0.4) is 0 Å². The highest BCUT2D eigenvalue weighted by Gasteiger charge is 2.26. The maximum Gasteiger partial charge on any atom is 0.326 e. The second-order valence-corrected chi connectivity index (χ2v) is 5.77. The first-order valence-corrected chi connectivity index (χ1v) is 7.40. The minimum Gasteiger partial charge on any atom is -0.480 e. The van der Waals surface area contributed by atoms with Crippen LogP contribution in [0.5, 0.6) is 0 Å². The van der Waals surface area contributed by atoms with Gasteiger partial charge in [0, 0.05) is 10.9 Å². The number of amides is 1. The molecule has 1 heterocycles. The molecule has 22 heavy (non-hydrogen) atoms. The number of hydrogen-bond acceptors (Lipinski definition) is 3. The molecule has 1 atom stereocenters. The molecule has 0 fully saturated rings. The van der Waals surface area contributed by atoms with E-state index >= 15 is 0 Å². The Balaban J connectivity index is 2.36. The third-order valence-electron chi connectivity index (χ3n) is 3.83. The quantitative estimate of drug-likeness (QED) is 0.889. The van der Waals surface area contributed by atoms with Crippen LogP contribution in [-0.2, 0) is 11.2 Å². The van der Waals surface area contributed by atoms with Crippen molar-refractivity contribution in [1.29, 1.82) is 0 Å². The number of carbonyl (C=O) groups excluding carboxylic acids is 1. The lowest BCUT2D eigenvalue weighted by molar-refractivity contribution is -0.140. The summed E-state index contributed by atoms with van der Waals surface area (Å²) in [5, 5.41) is 12.6. The molecule has 5 nitrogen and oxygen atoms in total. The van der Waals surface area contributed by atoms with Crippen molar-refractivity contribution in [3.05, 3.63) is 35.1 Å². The summed E-state index contributed by atoms with van der Waals surface area (Å²) in [5.41, 5.74) is 2.53. The Morgan fingerprint density at radius 2 is 2.00 bits per heavy atom. The predicted molar refractivity (Wildman–Crippen MR) is 84.1 cm³/mol. The highest BCUT2D eigenvalue weighted by Crippen LogP contribution is 2.26. The van der Waals surface area contributed by atoms with Crippen LogP contribution < -0.4 is 5.32 Å². The third-order valence-corrected chi connectivity index (χ3v) is 3.83. The van der Waals surface area contributed by atoms with E-state index in [0.717, 1.165) is 22.9 Å². The van der Waals surface area contributed by atoms with Crippen molar-refractivity contribution < 1.29 is 19.1 Å².